The Morgan fingerprint density at radius 1 is 0.739 bits per heavy atom. The molecule has 0 aromatic heterocycles. The Labute approximate surface area is 132 Å². The van der Waals surface area contributed by atoms with Gasteiger partial charge in [-0.1, -0.05) is 0 Å². The summed E-state index contributed by atoms with van der Waals surface area (Å²) in [5, 5.41) is 21.3. The Kier molecular flexibility index (Phi) is 4.75. The third kappa shape index (κ3) is 3.94. The molecule has 0 saturated carbocycles. The van der Waals surface area contributed by atoms with Crippen LogP contribution in [0.25, 0.3) is 0 Å². The molecule has 120 valence electrons. The molecule has 0 N–H and O–H groups in total. The Balaban J connectivity index is 2.05. The van der Waals surface area contributed by atoms with E-state index >= 15 is 0 Å². The van der Waals surface area contributed by atoms with Gasteiger partial charge < -0.3 is 9.80 Å². The van der Waals surface area contributed by atoms with Crippen LogP contribution in [0.15, 0.2) is 48.5 Å². The summed E-state index contributed by atoms with van der Waals surface area (Å²) in [4.78, 5) is 24.3. The standard InChI is InChI=1S/C15H16N4O4/c1-16(12-3-7-14(8-4-12)18(20)21)11-17(2)13-5-9-15(10-6-13)19(22)23/h3-10H,11H2,1-2H3. The van der Waals surface area contributed by atoms with E-state index in [0.29, 0.717) is 6.67 Å². The maximum absolute atomic E-state index is 10.7. The van der Waals surface area contributed by atoms with Crippen molar-refractivity contribution in [2.24, 2.45) is 0 Å². The quantitative estimate of drug-likeness (QED) is 0.462. The third-order valence-corrected chi connectivity index (χ3v) is 3.43. The van der Waals surface area contributed by atoms with E-state index in [1.54, 1.807) is 24.3 Å². The van der Waals surface area contributed by atoms with Crippen molar-refractivity contribution in [1.82, 2.24) is 0 Å². The van der Waals surface area contributed by atoms with Crippen molar-refractivity contribution in [3.63, 3.8) is 0 Å². The SMILES string of the molecule is CN(CN(C)c1ccc([N+](=O)[O-])cc1)c1ccc([N+](=O)[O-])cc1. The van der Waals surface area contributed by atoms with Gasteiger partial charge in [0.1, 0.15) is 0 Å². The molecular formula is C15H16N4O4. The van der Waals surface area contributed by atoms with Crippen molar-refractivity contribution in [2.75, 3.05) is 30.6 Å². The van der Waals surface area contributed by atoms with Crippen molar-refractivity contribution in [3.05, 3.63) is 68.8 Å². The zero-order valence-corrected chi connectivity index (χ0v) is 12.7. The number of anilines is 2. The molecule has 8 heteroatoms. The summed E-state index contributed by atoms with van der Waals surface area (Å²) in [5.41, 5.74) is 1.77. The molecule has 0 heterocycles. The van der Waals surface area contributed by atoms with E-state index < -0.39 is 9.85 Å². The molecule has 0 aliphatic rings. The lowest BCUT2D eigenvalue weighted by Crippen LogP contribution is -2.32. The fraction of sp³-hybridized carbons (Fsp3) is 0.200. The summed E-state index contributed by atoms with van der Waals surface area (Å²) in [6.07, 6.45) is 0. The molecule has 8 nitrogen and oxygen atoms in total. The molecule has 0 unspecified atom stereocenters. The number of non-ortho nitro benzene ring substituents is 2. The second-order valence-corrected chi connectivity index (χ2v) is 5.08. The fourth-order valence-corrected chi connectivity index (χ4v) is 2.14. The maximum Gasteiger partial charge on any atom is 0.269 e. The minimum atomic E-state index is -0.438. The van der Waals surface area contributed by atoms with E-state index in [-0.39, 0.29) is 11.4 Å². The Morgan fingerprint density at radius 2 is 1.04 bits per heavy atom. The highest BCUT2D eigenvalue weighted by Gasteiger charge is 2.10. The molecule has 0 saturated heterocycles. The van der Waals surface area contributed by atoms with E-state index in [9.17, 15) is 20.2 Å². The van der Waals surface area contributed by atoms with Gasteiger partial charge in [0, 0.05) is 49.7 Å². The van der Waals surface area contributed by atoms with Gasteiger partial charge in [0.25, 0.3) is 11.4 Å². The number of benzene rings is 2. The highest BCUT2D eigenvalue weighted by molar-refractivity contribution is 5.54. The lowest BCUT2D eigenvalue weighted by Gasteiger charge is -2.27. The van der Waals surface area contributed by atoms with Crippen molar-refractivity contribution >= 4 is 22.7 Å². The molecule has 23 heavy (non-hydrogen) atoms. The third-order valence-electron chi connectivity index (χ3n) is 3.43. The van der Waals surface area contributed by atoms with Crippen molar-refractivity contribution in [2.45, 2.75) is 0 Å². The first-order valence-corrected chi connectivity index (χ1v) is 6.79. The molecule has 2 aromatic carbocycles. The summed E-state index contributed by atoms with van der Waals surface area (Å²) in [6.45, 7) is 0.523. The fourth-order valence-electron chi connectivity index (χ4n) is 2.14. The lowest BCUT2D eigenvalue weighted by molar-refractivity contribution is -0.385. The maximum atomic E-state index is 10.7. The summed E-state index contributed by atoms with van der Waals surface area (Å²) < 4.78 is 0. The van der Waals surface area contributed by atoms with E-state index in [0.717, 1.165) is 11.4 Å². The van der Waals surface area contributed by atoms with E-state index in [1.165, 1.54) is 24.3 Å². The van der Waals surface area contributed by atoms with Crippen molar-refractivity contribution in [3.8, 4) is 0 Å². The molecule has 0 spiro atoms. The van der Waals surface area contributed by atoms with Gasteiger partial charge in [-0.05, 0) is 24.3 Å². The van der Waals surface area contributed by atoms with E-state index in [1.807, 2.05) is 23.9 Å². The summed E-state index contributed by atoms with van der Waals surface area (Å²) >= 11 is 0. The molecule has 0 fully saturated rings. The first-order chi connectivity index (χ1) is 10.9. The number of hydrogen-bond acceptors (Lipinski definition) is 6. The average molecular weight is 316 g/mol. The number of nitrogens with zero attached hydrogens (tertiary/aromatic N) is 4. The molecule has 0 aliphatic carbocycles. The summed E-state index contributed by atoms with van der Waals surface area (Å²) in [6, 6.07) is 12.6. The minimum absolute atomic E-state index is 0.0471. The van der Waals surface area contributed by atoms with Crippen LogP contribution in [-0.2, 0) is 0 Å². The van der Waals surface area contributed by atoms with Crippen LogP contribution >= 0.6 is 0 Å². The Hall–Kier alpha value is -3.16. The van der Waals surface area contributed by atoms with Gasteiger partial charge in [-0.2, -0.15) is 0 Å². The molecule has 0 radical (unpaired) electrons. The van der Waals surface area contributed by atoms with Crippen LogP contribution in [0.4, 0.5) is 22.7 Å². The van der Waals surface area contributed by atoms with Crippen molar-refractivity contribution in [1.29, 1.82) is 0 Å². The number of nitro benzene ring substituents is 2. The Morgan fingerprint density at radius 3 is 1.30 bits per heavy atom. The van der Waals surface area contributed by atoms with Crippen LogP contribution in [0.2, 0.25) is 0 Å². The van der Waals surface area contributed by atoms with Gasteiger partial charge in [0.2, 0.25) is 0 Å². The van der Waals surface area contributed by atoms with E-state index in [4.69, 9.17) is 0 Å². The smallest absolute Gasteiger partial charge is 0.269 e. The number of nitro groups is 2. The van der Waals surface area contributed by atoms with Gasteiger partial charge in [-0.25, -0.2) is 0 Å². The lowest BCUT2D eigenvalue weighted by atomic mass is 10.2. The monoisotopic (exact) mass is 316 g/mol. The van der Waals surface area contributed by atoms with Crippen LogP contribution in [0, 0.1) is 20.2 Å². The summed E-state index contributed by atoms with van der Waals surface area (Å²) in [7, 11) is 3.73. The molecule has 2 aromatic rings. The number of hydrogen-bond donors (Lipinski definition) is 0. The highest BCUT2D eigenvalue weighted by Crippen LogP contribution is 2.21. The van der Waals surface area contributed by atoms with Crippen LogP contribution in [0.5, 0.6) is 0 Å². The molecule has 0 bridgehead atoms. The first kappa shape index (κ1) is 16.2. The summed E-state index contributed by atoms with van der Waals surface area (Å²) in [5.74, 6) is 0. The van der Waals surface area contributed by atoms with Crippen LogP contribution < -0.4 is 9.80 Å². The molecular weight excluding hydrogens is 300 g/mol. The van der Waals surface area contributed by atoms with Crippen LogP contribution in [-0.4, -0.2) is 30.6 Å². The van der Waals surface area contributed by atoms with Crippen LogP contribution in [0.3, 0.4) is 0 Å². The predicted molar refractivity (Wildman–Crippen MR) is 87.9 cm³/mol. The topological polar surface area (TPSA) is 92.8 Å². The minimum Gasteiger partial charge on any atom is -0.357 e. The second kappa shape index (κ2) is 6.73. The predicted octanol–water partition coefficient (Wildman–Crippen LogP) is 3.03. The largest absolute Gasteiger partial charge is 0.357 e. The van der Waals surface area contributed by atoms with Gasteiger partial charge in [0.15, 0.2) is 0 Å². The number of rotatable bonds is 6. The van der Waals surface area contributed by atoms with Gasteiger partial charge >= 0.3 is 0 Å². The van der Waals surface area contributed by atoms with Gasteiger partial charge in [-0.15, -0.1) is 0 Å². The average Bonchev–Trinajstić information content (AvgIpc) is 2.54. The molecule has 0 aliphatic heterocycles. The van der Waals surface area contributed by atoms with Crippen molar-refractivity contribution < 1.29 is 9.85 Å². The van der Waals surface area contributed by atoms with E-state index in [2.05, 4.69) is 0 Å². The Bertz CT molecular complexity index is 639. The molecule has 0 amide bonds. The highest BCUT2D eigenvalue weighted by atomic mass is 16.6. The van der Waals surface area contributed by atoms with Gasteiger partial charge in [-0.3, -0.25) is 20.2 Å². The molecule has 2 rings (SSSR count). The van der Waals surface area contributed by atoms with Gasteiger partial charge in [0.05, 0.1) is 16.5 Å². The second-order valence-electron chi connectivity index (χ2n) is 5.08. The first-order valence-electron chi connectivity index (χ1n) is 6.79. The van der Waals surface area contributed by atoms with Crippen LogP contribution in [0.1, 0.15) is 0 Å². The normalized spacial score (nSPS) is 10.2. The molecule has 0 atom stereocenters. The zero-order valence-electron chi connectivity index (χ0n) is 12.7. The zero-order chi connectivity index (χ0) is 17.0.